The van der Waals surface area contributed by atoms with E-state index in [1.54, 1.807) is 0 Å². The van der Waals surface area contributed by atoms with Crippen molar-refractivity contribution >= 4 is 10.8 Å². The number of pyridine rings is 1. The SMILES string of the molecule is Cc1cc(C)c2cc(-c3ccccc3C)[n+](C)cc2c1. The Bertz CT molecular complexity index is 800. The summed E-state index contributed by atoms with van der Waals surface area (Å²) in [6.07, 6.45) is 2.23. The Morgan fingerprint density at radius 1 is 0.850 bits per heavy atom. The van der Waals surface area contributed by atoms with Crippen molar-refractivity contribution in [2.45, 2.75) is 20.8 Å². The molecule has 0 aliphatic carbocycles. The van der Waals surface area contributed by atoms with Crippen LogP contribution in [0.5, 0.6) is 0 Å². The van der Waals surface area contributed by atoms with Crippen molar-refractivity contribution in [2.75, 3.05) is 0 Å². The fraction of sp³-hybridized carbons (Fsp3) is 0.211. The van der Waals surface area contributed by atoms with Crippen LogP contribution in [-0.4, -0.2) is 0 Å². The molecule has 1 nitrogen and oxygen atoms in total. The topological polar surface area (TPSA) is 3.88 Å². The lowest BCUT2D eigenvalue weighted by molar-refractivity contribution is -0.659. The lowest BCUT2D eigenvalue weighted by Crippen LogP contribution is -2.30. The fourth-order valence-corrected chi connectivity index (χ4v) is 2.96. The molecule has 1 aromatic heterocycles. The average molecular weight is 262 g/mol. The Kier molecular flexibility index (Phi) is 3.06. The van der Waals surface area contributed by atoms with Crippen LogP contribution in [0.4, 0.5) is 0 Å². The van der Waals surface area contributed by atoms with E-state index in [-0.39, 0.29) is 0 Å². The molecular weight excluding hydrogens is 242 g/mol. The highest BCUT2D eigenvalue weighted by molar-refractivity contribution is 5.87. The van der Waals surface area contributed by atoms with E-state index in [1.807, 2.05) is 0 Å². The van der Waals surface area contributed by atoms with Gasteiger partial charge in [-0.25, -0.2) is 4.57 Å². The molecule has 0 saturated heterocycles. The highest BCUT2D eigenvalue weighted by Crippen LogP contribution is 2.26. The lowest BCUT2D eigenvalue weighted by atomic mass is 9.99. The van der Waals surface area contributed by atoms with Crippen LogP contribution in [0.25, 0.3) is 22.0 Å². The first-order valence-electron chi connectivity index (χ1n) is 7.03. The van der Waals surface area contributed by atoms with Gasteiger partial charge < -0.3 is 0 Å². The Balaban J connectivity index is 2.33. The Morgan fingerprint density at radius 3 is 2.35 bits per heavy atom. The van der Waals surface area contributed by atoms with Gasteiger partial charge in [0.15, 0.2) is 6.20 Å². The Labute approximate surface area is 120 Å². The minimum absolute atomic E-state index is 1.27. The summed E-state index contributed by atoms with van der Waals surface area (Å²) >= 11 is 0. The van der Waals surface area contributed by atoms with E-state index in [4.69, 9.17) is 0 Å². The third kappa shape index (κ3) is 2.09. The molecule has 100 valence electrons. The van der Waals surface area contributed by atoms with E-state index < -0.39 is 0 Å². The molecule has 0 spiro atoms. The molecule has 1 heteroatoms. The van der Waals surface area contributed by atoms with E-state index in [1.165, 1.54) is 38.7 Å². The number of benzene rings is 2. The number of aryl methyl sites for hydroxylation is 4. The summed E-state index contributed by atoms with van der Waals surface area (Å²) in [7, 11) is 2.12. The molecule has 0 amide bonds. The van der Waals surface area contributed by atoms with Crippen molar-refractivity contribution < 1.29 is 4.57 Å². The minimum Gasteiger partial charge on any atom is -0.200 e. The molecular formula is C19H20N+. The van der Waals surface area contributed by atoms with Gasteiger partial charge >= 0.3 is 0 Å². The number of hydrogen-bond acceptors (Lipinski definition) is 0. The standard InChI is InChI=1S/C19H20N/c1-13-9-15(3)18-11-19(20(4)12-16(18)10-13)17-8-6-5-7-14(17)2/h5-12H,1-4H3/q+1. The molecule has 20 heavy (non-hydrogen) atoms. The van der Waals surface area contributed by atoms with Crippen LogP contribution in [-0.2, 0) is 7.05 Å². The summed E-state index contributed by atoms with van der Waals surface area (Å²) in [6.45, 7) is 6.51. The van der Waals surface area contributed by atoms with Crippen LogP contribution in [0.1, 0.15) is 16.7 Å². The van der Waals surface area contributed by atoms with Crippen LogP contribution in [0.3, 0.4) is 0 Å². The van der Waals surface area contributed by atoms with E-state index in [0.29, 0.717) is 0 Å². The summed E-state index contributed by atoms with van der Waals surface area (Å²) in [4.78, 5) is 0. The number of nitrogens with zero attached hydrogens (tertiary/aromatic N) is 1. The Hall–Kier alpha value is -2.15. The van der Waals surface area contributed by atoms with Crippen molar-refractivity contribution in [3.8, 4) is 11.3 Å². The second kappa shape index (κ2) is 4.75. The molecule has 0 fully saturated rings. The van der Waals surface area contributed by atoms with Crippen LogP contribution >= 0.6 is 0 Å². The summed E-state index contributed by atoms with van der Waals surface area (Å²) < 4.78 is 2.23. The highest BCUT2D eigenvalue weighted by Gasteiger charge is 2.14. The van der Waals surface area contributed by atoms with Crippen molar-refractivity contribution in [2.24, 2.45) is 7.05 Å². The maximum atomic E-state index is 2.31. The first kappa shape index (κ1) is 12.9. The molecule has 2 aromatic carbocycles. The van der Waals surface area contributed by atoms with E-state index in [9.17, 15) is 0 Å². The smallest absolute Gasteiger partial charge is 0.200 e. The molecule has 3 aromatic rings. The maximum absolute atomic E-state index is 2.31. The predicted octanol–water partition coefficient (Wildman–Crippen LogP) is 4.26. The van der Waals surface area contributed by atoms with E-state index in [2.05, 4.69) is 81.0 Å². The van der Waals surface area contributed by atoms with E-state index in [0.717, 1.165) is 0 Å². The van der Waals surface area contributed by atoms with Gasteiger partial charge in [0.25, 0.3) is 0 Å². The monoisotopic (exact) mass is 262 g/mol. The molecule has 1 heterocycles. The van der Waals surface area contributed by atoms with E-state index >= 15 is 0 Å². The van der Waals surface area contributed by atoms with Gasteiger partial charge in [-0.05, 0) is 49.4 Å². The molecule has 3 rings (SSSR count). The third-order valence-electron chi connectivity index (χ3n) is 3.98. The average Bonchev–Trinajstić information content (AvgIpc) is 2.39. The first-order valence-corrected chi connectivity index (χ1v) is 7.03. The first-order chi connectivity index (χ1) is 9.56. The summed E-state index contributed by atoms with van der Waals surface area (Å²) in [6, 6.07) is 15.4. The van der Waals surface area contributed by atoms with Gasteiger partial charge in [0.05, 0.1) is 0 Å². The van der Waals surface area contributed by atoms with Crippen molar-refractivity contribution in [3.63, 3.8) is 0 Å². The predicted molar refractivity (Wildman–Crippen MR) is 84.8 cm³/mol. The van der Waals surface area contributed by atoms with Crippen LogP contribution in [0, 0.1) is 20.8 Å². The van der Waals surface area contributed by atoms with Crippen molar-refractivity contribution in [1.29, 1.82) is 0 Å². The highest BCUT2D eigenvalue weighted by atomic mass is 14.9. The van der Waals surface area contributed by atoms with Crippen LogP contribution in [0.15, 0.2) is 48.7 Å². The third-order valence-corrected chi connectivity index (χ3v) is 3.98. The second-order valence-electron chi connectivity index (χ2n) is 5.67. The van der Waals surface area contributed by atoms with Gasteiger partial charge in [-0.1, -0.05) is 29.8 Å². The fourth-order valence-electron chi connectivity index (χ4n) is 2.96. The summed E-state index contributed by atoms with van der Waals surface area (Å²) in [5, 5.41) is 2.65. The van der Waals surface area contributed by atoms with Gasteiger partial charge in [-0.3, -0.25) is 0 Å². The number of fused-ring (bicyclic) bond motifs is 1. The molecule has 0 N–H and O–H groups in total. The zero-order chi connectivity index (χ0) is 14.3. The van der Waals surface area contributed by atoms with Crippen molar-refractivity contribution in [3.05, 3.63) is 65.4 Å². The molecule has 0 atom stereocenters. The molecule has 0 aliphatic rings. The molecule has 0 aliphatic heterocycles. The van der Waals surface area contributed by atoms with Gasteiger partial charge in [0.1, 0.15) is 7.05 Å². The number of aromatic nitrogens is 1. The number of rotatable bonds is 1. The zero-order valence-electron chi connectivity index (χ0n) is 12.6. The molecule has 0 radical (unpaired) electrons. The molecule has 0 bridgehead atoms. The van der Waals surface area contributed by atoms with Crippen molar-refractivity contribution in [1.82, 2.24) is 0 Å². The van der Waals surface area contributed by atoms with Gasteiger partial charge in [-0.15, -0.1) is 0 Å². The quantitative estimate of drug-likeness (QED) is 0.577. The molecule has 0 saturated carbocycles. The van der Waals surface area contributed by atoms with Gasteiger partial charge in [-0.2, -0.15) is 0 Å². The second-order valence-corrected chi connectivity index (χ2v) is 5.67. The van der Waals surface area contributed by atoms with Crippen LogP contribution in [0.2, 0.25) is 0 Å². The largest absolute Gasteiger partial charge is 0.213 e. The van der Waals surface area contributed by atoms with Crippen LogP contribution < -0.4 is 4.57 Å². The number of hydrogen-bond donors (Lipinski definition) is 0. The van der Waals surface area contributed by atoms with Gasteiger partial charge in [0.2, 0.25) is 5.69 Å². The summed E-state index contributed by atoms with van der Waals surface area (Å²) in [5.41, 5.74) is 6.54. The zero-order valence-corrected chi connectivity index (χ0v) is 12.6. The molecule has 0 unspecified atom stereocenters. The lowest BCUT2D eigenvalue weighted by Gasteiger charge is -2.08. The normalized spacial score (nSPS) is 11.0. The maximum Gasteiger partial charge on any atom is 0.213 e. The minimum atomic E-state index is 1.27. The summed E-state index contributed by atoms with van der Waals surface area (Å²) in [5.74, 6) is 0. The Morgan fingerprint density at radius 2 is 1.60 bits per heavy atom. The van der Waals surface area contributed by atoms with Gasteiger partial charge in [0, 0.05) is 17.0 Å².